The summed E-state index contributed by atoms with van der Waals surface area (Å²) >= 11 is 0. The summed E-state index contributed by atoms with van der Waals surface area (Å²) in [5, 5.41) is 0. The van der Waals surface area contributed by atoms with Crippen LogP contribution in [-0.2, 0) is 11.2 Å². The van der Waals surface area contributed by atoms with E-state index in [1.165, 1.54) is 6.07 Å². The van der Waals surface area contributed by atoms with E-state index >= 15 is 0 Å². The number of benzene rings is 1. The maximum Gasteiger partial charge on any atom is 0.165 e. The number of hydrogen-bond acceptors (Lipinski definition) is 3. The Balaban J connectivity index is 2.27. The number of nitrogens with two attached hydrogens (primary N) is 1. The molecule has 0 amide bonds. The topological polar surface area (TPSA) is 44.5 Å². The average molecular weight is 295 g/mol. The van der Waals surface area contributed by atoms with Crippen molar-refractivity contribution in [2.75, 3.05) is 0 Å². The molecule has 2 rings (SSSR count). The average Bonchev–Trinajstić information content (AvgIpc) is 2.50. The largest absolute Gasteiger partial charge is 0.484 e. The fourth-order valence-corrected chi connectivity index (χ4v) is 3.03. The highest BCUT2D eigenvalue weighted by Gasteiger charge is 2.47. The van der Waals surface area contributed by atoms with Crippen molar-refractivity contribution in [2.45, 2.75) is 70.8 Å². The van der Waals surface area contributed by atoms with Crippen LogP contribution >= 0.6 is 0 Å². The lowest BCUT2D eigenvalue weighted by molar-refractivity contribution is -0.0850. The highest BCUT2D eigenvalue weighted by Crippen LogP contribution is 2.40. The summed E-state index contributed by atoms with van der Waals surface area (Å²) < 4.78 is 26.2. The Morgan fingerprint density at radius 1 is 1.38 bits per heavy atom. The third-order valence-electron chi connectivity index (χ3n) is 3.84. The number of para-hydroxylation sites is 1. The van der Waals surface area contributed by atoms with Crippen LogP contribution < -0.4 is 10.5 Å². The maximum absolute atomic E-state index is 14.2. The Kier molecular flexibility index (Phi) is 4.31. The standard InChI is InChI=1S/C17H26FNO2/c1-11(19)9-12-7-6-8-13(18)15(12)20-14-10-16(2,3)21-17(14,4)5/h6-8,11,14H,9-10,19H2,1-5H3. The minimum Gasteiger partial charge on any atom is -0.484 e. The molecule has 2 atom stereocenters. The molecular formula is C17H26FNO2. The molecule has 1 saturated heterocycles. The van der Waals surface area contributed by atoms with E-state index in [0.29, 0.717) is 12.2 Å². The molecule has 2 N–H and O–H groups in total. The van der Waals surface area contributed by atoms with Crippen molar-refractivity contribution in [1.29, 1.82) is 0 Å². The highest BCUT2D eigenvalue weighted by molar-refractivity contribution is 5.36. The molecule has 0 radical (unpaired) electrons. The molecule has 4 heteroatoms. The lowest BCUT2D eigenvalue weighted by Crippen LogP contribution is -2.37. The van der Waals surface area contributed by atoms with Gasteiger partial charge in [0.25, 0.3) is 0 Å². The van der Waals surface area contributed by atoms with E-state index in [1.54, 1.807) is 6.07 Å². The van der Waals surface area contributed by atoms with Gasteiger partial charge >= 0.3 is 0 Å². The van der Waals surface area contributed by atoms with E-state index in [0.717, 1.165) is 12.0 Å². The Morgan fingerprint density at radius 2 is 2.05 bits per heavy atom. The molecule has 0 saturated carbocycles. The number of ether oxygens (including phenoxy) is 2. The van der Waals surface area contributed by atoms with Crippen molar-refractivity contribution < 1.29 is 13.9 Å². The molecular weight excluding hydrogens is 269 g/mol. The summed E-state index contributed by atoms with van der Waals surface area (Å²) in [6.45, 7) is 9.93. The first kappa shape index (κ1) is 16.2. The van der Waals surface area contributed by atoms with Gasteiger partial charge in [0.05, 0.1) is 5.60 Å². The number of rotatable bonds is 4. The summed E-state index contributed by atoms with van der Waals surface area (Å²) in [6, 6.07) is 4.95. The van der Waals surface area contributed by atoms with Gasteiger partial charge in [-0.05, 0) is 52.7 Å². The van der Waals surface area contributed by atoms with Gasteiger partial charge in [0, 0.05) is 12.5 Å². The minimum atomic E-state index is -0.447. The van der Waals surface area contributed by atoms with E-state index in [2.05, 4.69) is 0 Å². The van der Waals surface area contributed by atoms with Gasteiger partial charge in [-0.25, -0.2) is 4.39 Å². The molecule has 118 valence electrons. The molecule has 21 heavy (non-hydrogen) atoms. The highest BCUT2D eigenvalue weighted by atomic mass is 19.1. The maximum atomic E-state index is 14.2. The van der Waals surface area contributed by atoms with Crippen molar-refractivity contribution in [2.24, 2.45) is 5.73 Å². The molecule has 2 unspecified atom stereocenters. The molecule has 0 spiro atoms. The predicted molar refractivity (Wildman–Crippen MR) is 82.0 cm³/mol. The quantitative estimate of drug-likeness (QED) is 0.925. The number of halogens is 1. The molecule has 1 aromatic rings. The first-order valence-electron chi connectivity index (χ1n) is 7.50. The molecule has 1 heterocycles. The van der Waals surface area contributed by atoms with E-state index < -0.39 is 5.60 Å². The van der Waals surface area contributed by atoms with Crippen molar-refractivity contribution in [3.8, 4) is 5.75 Å². The van der Waals surface area contributed by atoms with Crippen molar-refractivity contribution >= 4 is 0 Å². The first-order valence-corrected chi connectivity index (χ1v) is 7.50. The molecule has 1 fully saturated rings. The summed E-state index contributed by atoms with van der Waals surface area (Å²) in [6.07, 6.45) is 1.13. The lowest BCUT2D eigenvalue weighted by atomic mass is 9.96. The number of hydrogen-bond donors (Lipinski definition) is 1. The Morgan fingerprint density at radius 3 is 2.57 bits per heavy atom. The Bertz CT molecular complexity index is 512. The van der Waals surface area contributed by atoms with Crippen LogP contribution in [0.1, 0.15) is 46.6 Å². The van der Waals surface area contributed by atoms with Crippen molar-refractivity contribution in [1.82, 2.24) is 0 Å². The van der Waals surface area contributed by atoms with Crippen LogP contribution in [0, 0.1) is 5.82 Å². The second kappa shape index (κ2) is 5.58. The van der Waals surface area contributed by atoms with Crippen molar-refractivity contribution in [3.05, 3.63) is 29.6 Å². The van der Waals surface area contributed by atoms with Gasteiger partial charge in [-0.15, -0.1) is 0 Å². The summed E-state index contributed by atoms with van der Waals surface area (Å²) in [7, 11) is 0. The Labute approximate surface area is 126 Å². The van der Waals surface area contributed by atoms with Crippen LogP contribution in [-0.4, -0.2) is 23.3 Å². The summed E-state index contributed by atoms with van der Waals surface area (Å²) in [5.74, 6) is -0.0252. The zero-order chi connectivity index (χ0) is 15.8. The molecule has 1 aliphatic rings. The lowest BCUT2D eigenvalue weighted by Gasteiger charge is -2.28. The summed E-state index contributed by atoms with van der Waals surface area (Å²) in [4.78, 5) is 0. The van der Waals surface area contributed by atoms with Gasteiger partial charge in [0.1, 0.15) is 11.7 Å². The monoisotopic (exact) mass is 295 g/mol. The van der Waals surface area contributed by atoms with Crippen molar-refractivity contribution in [3.63, 3.8) is 0 Å². The van der Waals surface area contributed by atoms with Crippen LogP contribution in [0.25, 0.3) is 0 Å². The predicted octanol–water partition coefficient (Wildman–Crippen LogP) is 3.44. The van der Waals surface area contributed by atoms with Gasteiger partial charge in [-0.2, -0.15) is 0 Å². The molecule has 0 aliphatic carbocycles. The third kappa shape index (κ3) is 3.74. The SMILES string of the molecule is CC(N)Cc1cccc(F)c1OC1CC(C)(C)OC1(C)C. The summed E-state index contributed by atoms with van der Waals surface area (Å²) in [5.41, 5.74) is 5.95. The van der Waals surface area contributed by atoms with Gasteiger partial charge in [-0.1, -0.05) is 12.1 Å². The van der Waals surface area contributed by atoms with Crippen LogP contribution in [0.5, 0.6) is 5.75 Å². The zero-order valence-electron chi connectivity index (χ0n) is 13.6. The van der Waals surface area contributed by atoms with E-state index in [-0.39, 0.29) is 23.6 Å². The first-order chi connectivity index (χ1) is 9.61. The van der Waals surface area contributed by atoms with Crippen LogP contribution in [0.3, 0.4) is 0 Å². The van der Waals surface area contributed by atoms with Gasteiger partial charge in [-0.3, -0.25) is 0 Å². The van der Waals surface area contributed by atoms with E-state index in [1.807, 2.05) is 40.7 Å². The molecule has 3 nitrogen and oxygen atoms in total. The molecule has 1 aromatic carbocycles. The van der Waals surface area contributed by atoms with Crippen LogP contribution in [0.4, 0.5) is 4.39 Å². The van der Waals surface area contributed by atoms with E-state index in [9.17, 15) is 4.39 Å². The fourth-order valence-electron chi connectivity index (χ4n) is 3.03. The minimum absolute atomic E-state index is 0.0431. The second-order valence-electron chi connectivity index (χ2n) is 7.19. The molecule has 0 aromatic heterocycles. The fraction of sp³-hybridized carbons (Fsp3) is 0.647. The Hall–Kier alpha value is -1.13. The second-order valence-corrected chi connectivity index (χ2v) is 7.19. The van der Waals surface area contributed by atoms with Gasteiger partial charge in [0.15, 0.2) is 11.6 Å². The third-order valence-corrected chi connectivity index (χ3v) is 3.84. The zero-order valence-corrected chi connectivity index (χ0v) is 13.6. The van der Waals surface area contributed by atoms with Gasteiger partial charge < -0.3 is 15.2 Å². The van der Waals surface area contributed by atoms with E-state index in [4.69, 9.17) is 15.2 Å². The van der Waals surface area contributed by atoms with Crippen LogP contribution in [0.15, 0.2) is 18.2 Å². The van der Waals surface area contributed by atoms with Gasteiger partial charge in [0.2, 0.25) is 0 Å². The van der Waals surface area contributed by atoms with Crippen LogP contribution in [0.2, 0.25) is 0 Å². The molecule has 0 bridgehead atoms. The molecule has 1 aliphatic heterocycles. The smallest absolute Gasteiger partial charge is 0.165 e. The normalized spacial score (nSPS) is 24.8.